The van der Waals surface area contributed by atoms with Gasteiger partial charge in [-0.3, -0.25) is 0 Å². The average Bonchev–Trinajstić information content (AvgIpc) is 4.04. The predicted octanol–water partition coefficient (Wildman–Crippen LogP) is 18.5. The van der Waals surface area contributed by atoms with E-state index in [1.54, 1.807) is 0 Å². The second kappa shape index (κ2) is 17.2. The van der Waals surface area contributed by atoms with Crippen LogP contribution in [-0.4, -0.2) is 11.3 Å². The molecule has 0 spiro atoms. The van der Waals surface area contributed by atoms with Crippen LogP contribution >= 0.6 is 11.3 Å². The highest BCUT2D eigenvalue weighted by Crippen LogP contribution is 2.51. The molecule has 2 aliphatic rings. The van der Waals surface area contributed by atoms with Crippen molar-refractivity contribution in [2.24, 2.45) is 0 Å². The van der Waals surface area contributed by atoms with Crippen molar-refractivity contribution in [2.75, 3.05) is 4.90 Å². The minimum absolute atomic E-state index is 0.0149. The molecule has 12 aromatic rings. The van der Waals surface area contributed by atoms with E-state index < -0.39 is 0 Å². The highest BCUT2D eigenvalue weighted by atomic mass is 32.1. The number of thiophene rings is 1. The molecule has 0 saturated carbocycles. The van der Waals surface area contributed by atoms with Gasteiger partial charge in [-0.25, -0.2) is 0 Å². The van der Waals surface area contributed by atoms with Crippen LogP contribution in [0.5, 0.6) is 11.5 Å². The highest BCUT2D eigenvalue weighted by Gasteiger charge is 2.44. The van der Waals surface area contributed by atoms with Gasteiger partial charge >= 0.3 is 0 Å². The Bertz CT molecular complexity index is 4300. The highest BCUT2D eigenvalue weighted by molar-refractivity contribution is 7.25. The Morgan fingerprint density at radius 3 is 1.68 bits per heavy atom. The van der Waals surface area contributed by atoms with E-state index in [1.165, 1.54) is 97.3 Å². The van der Waals surface area contributed by atoms with Crippen LogP contribution in [0, 0.1) is 0 Å². The van der Waals surface area contributed by atoms with Gasteiger partial charge in [0.15, 0.2) is 0 Å². The second-order valence-corrected chi connectivity index (χ2v) is 25.7. The zero-order valence-electron chi connectivity index (χ0n) is 45.4. The monoisotopic (exact) mass is 1010 g/mol. The van der Waals surface area contributed by atoms with Gasteiger partial charge in [0.25, 0.3) is 6.71 Å². The van der Waals surface area contributed by atoms with Crippen molar-refractivity contribution in [3.63, 3.8) is 0 Å². The molecule has 0 aliphatic carbocycles. The second-order valence-electron chi connectivity index (χ2n) is 24.6. The van der Waals surface area contributed by atoms with Crippen molar-refractivity contribution in [1.29, 1.82) is 0 Å². The molecule has 3 nitrogen and oxygen atoms in total. The molecule has 0 radical (unpaired) electrons. The average molecular weight is 1010 g/mol. The summed E-state index contributed by atoms with van der Waals surface area (Å²) in [4.78, 5) is 2.62. The van der Waals surface area contributed by atoms with Gasteiger partial charge in [-0.05, 0) is 132 Å². The fraction of sp³-hybridized carbons (Fsp3) is 0.167. The maximum absolute atomic E-state index is 7.51. The first kappa shape index (κ1) is 47.3. The van der Waals surface area contributed by atoms with Gasteiger partial charge in [0.1, 0.15) is 11.5 Å². The van der Waals surface area contributed by atoms with Crippen molar-refractivity contribution in [3.05, 3.63) is 223 Å². The molecule has 0 unspecified atom stereocenters. The quantitative estimate of drug-likeness (QED) is 0.160. The van der Waals surface area contributed by atoms with Crippen molar-refractivity contribution in [1.82, 2.24) is 4.57 Å². The zero-order chi connectivity index (χ0) is 52.7. The first-order valence-corrected chi connectivity index (χ1v) is 28.1. The summed E-state index contributed by atoms with van der Waals surface area (Å²) in [5, 5.41) is 5.05. The fourth-order valence-electron chi connectivity index (χ4n) is 12.3. The van der Waals surface area contributed by atoms with E-state index in [4.69, 9.17) is 4.74 Å². The lowest BCUT2D eigenvalue weighted by Gasteiger charge is -2.42. The van der Waals surface area contributed by atoms with Crippen LogP contribution in [0.4, 0.5) is 17.1 Å². The molecular formula is C72H61BN2OS. The first-order valence-electron chi connectivity index (χ1n) is 27.3. The lowest BCUT2D eigenvalue weighted by atomic mass is 9.34. The standard InChI is InChI=1S/C72H61BN2OS/c1-70(2,3)49-36-48(37-50(41-49)71(4,5)6)46-31-34-57-64(39-46)76-65-43-51(72(7,8)9)42-63-68(65)73(57)58-38-45(44-20-11-10-12-21-44)32-35-61(58)75(63)69-52(47-30-33-56-55-24-15-18-29-66(55)77-67(56)40-47)25-19-28-62(69)74-59-26-16-13-22-53(59)54-23-14-17-27-60(54)74/h10-43H,1-9H3. The largest absolute Gasteiger partial charge is 0.458 e. The molecular weight excluding hydrogens is 952 g/mol. The van der Waals surface area contributed by atoms with E-state index >= 15 is 0 Å². The molecule has 0 bridgehead atoms. The van der Waals surface area contributed by atoms with E-state index in [0.717, 1.165) is 45.4 Å². The summed E-state index contributed by atoms with van der Waals surface area (Å²) in [6.45, 7) is 20.8. The van der Waals surface area contributed by atoms with E-state index in [2.05, 4.69) is 278 Å². The van der Waals surface area contributed by atoms with Gasteiger partial charge in [0.2, 0.25) is 0 Å². The van der Waals surface area contributed by atoms with Crippen molar-refractivity contribution in [3.8, 4) is 50.6 Å². The summed E-state index contributed by atoms with van der Waals surface area (Å²) in [5.74, 6) is 1.81. The molecule has 2 aromatic heterocycles. The maximum atomic E-state index is 7.51. The number of anilines is 3. The molecule has 0 saturated heterocycles. The van der Waals surface area contributed by atoms with Crippen LogP contribution in [0.2, 0.25) is 0 Å². The number of hydrogen-bond acceptors (Lipinski definition) is 3. The summed E-state index contributed by atoms with van der Waals surface area (Å²) in [5.41, 5.74) is 21.2. The third-order valence-corrected chi connectivity index (χ3v) is 17.6. The number of para-hydroxylation sites is 3. The van der Waals surface area contributed by atoms with Crippen LogP contribution in [0.1, 0.15) is 79.0 Å². The van der Waals surface area contributed by atoms with Gasteiger partial charge in [-0.15, -0.1) is 11.3 Å². The van der Waals surface area contributed by atoms with E-state index in [-0.39, 0.29) is 23.0 Å². The molecule has 374 valence electrons. The molecule has 0 atom stereocenters. The number of aromatic nitrogens is 1. The summed E-state index contributed by atoms with van der Waals surface area (Å²) in [7, 11) is 0. The van der Waals surface area contributed by atoms with E-state index in [1.807, 2.05) is 11.3 Å². The third kappa shape index (κ3) is 7.68. The molecule has 4 heterocycles. The van der Waals surface area contributed by atoms with E-state index in [0.29, 0.717) is 0 Å². The summed E-state index contributed by atoms with van der Waals surface area (Å²) >= 11 is 1.87. The summed E-state index contributed by atoms with van der Waals surface area (Å²) < 4.78 is 12.6. The Hall–Kier alpha value is -8.12. The fourth-order valence-corrected chi connectivity index (χ4v) is 13.5. The Morgan fingerprint density at radius 2 is 0.974 bits per heavy atom. The number of rotatable bonds is 5. The molecule has 5 heteroatoms. The topological polar surface area (TPSA) is 17.4 Å². The summed E-state index contributed by atoms with van der Waals surface area (Å²) in [6.07, 6.45) is 0. The molecule has 0 N–H and O–H groups in total. The molecule has 10 aromatic carbocycles. The van der Waals surface area contributed by atoms with Crippen LogP contribution in [0.3, 0.4) is 0 Å². The van der Waals surface area contributed by atoms with Crippen LogP contribution < -0.4 is 26.0 Å². The van der Waals surface area contributed by atoms with Crippen LogP contribution in [-0.2, 0) is 16.2 Å². The smallest absolute Gasteiger partial charge is 0.256 e. The molecule has 14 rings (SSSR count). The van der Waals surface area contributed by atoms with Gasteiger partial charge in [0, 0.05) is 47.9 Å². The molecule has 2 aliphatic heterocycles. The number of hydrogen-bond donors (Lipinski definition) is 0. The van der Waals surface area contributed by atoms with Gasteiger partial charge in [-0.2, -0.15) is 0 Å². The lowest BCUT2D eigenvalue weighted by Crippen LogP contribution is -2.59. The minimum Gasteiger partial charge on any atom is -0.458 e. The Labute approximate surface area is 457 Å². The Morgan fingerprint density at radius 1 is 0.377 bits per heavy atom. The first-order chi connectivity index (χ1) is 37.1. The van der Waals surface area contributed by atoms with Crippen LogP contribution in [0.15, 0.2) is 206 Å². The Balaban J connectivity index is 1.07. The zero-order valence-corrected chi connectivity index (χ0v) is 46.2. The lowest BCUT2D eigenvalue weighted by molar-refractivity contribution is 0.483. The molecule has 0 fully saturated rings. The van der Waals surface area contributed by atoms with E-state index in [9.17, 15) is 0 Å². The minimum atomic E-state index is -0.201. The summed E-state index contributed by atoms with van der Waals surface area (Å²) in [6, 6.07) is 77.8. The SMILES string of the molecule is CC(C)(C)c1cc(-c2ccc3c(c2)Oc2cc(C(C)(C)C)cc4c2B3c2cc(-c3ccccc3)ccc2N4c2c(-c3ccc4c(c3)sc3ccccc34)cccc2-n2c3ccccc3c3ccccc32)cc(C(C)(C)C)c1. The third-order valence-electron chi connectivity index (χ3n) is 16.5. The van der Waals surface area contributed by atoms with Crippen molar-refractivity contribution in [2.45, 2.75) is 78.6 Å². The number of nitrogens with zero attached hydrogens (tertiary/aromatic N) is 2. The van der Waals surface area contributed by atoms with Gasteiger partial charge in [-0.1, -0.05) is 214 Å². The van der Waals surface area contributed by atoms with Crippen molar-refractivity contribution >= 4 is 93.5 Å². The molecule has 0 amide bonds. The normalized spacial score (nSPS) is 13.3. The number of ether oxygens (including phenoxy) is 1. The number of benzene rings is 10. The van der Waals surface area contributed by atoms with Gasteiger partial charge in [0.05, 0.1) is 22.4 Å². The number of fused-ring (bicyclic) bond motifs is 10. The Kier molecular flexibility index (Phi) is 10.6. The van der Waals surface area contributed by atoms with Crippen molar-refractivity contribution < 1.29 is 4.74 Å². The van der Waals surface area contributed by atoms with Gasteiger partial charge < -0.3 is 14.2 Å². The van der Waals surface area contributed by atoms with Crippen LogP contribution in [0.25, 0.3) is 81.0 Å². The predicted molar refractivity (Wildman–Crippen MR) is 332 cm³/mol. The molecule has 77 heavy (non-hydrogen) atoms. The maximum Gasteiger partial charge on any atom is 0.256 e.